The predicted molar refractivity (Wildman–Crippen MR) is 121 cm³/mol. The number of para-hydroxylation sites is 1. The van der Waals surface area contributed by atoms with Crippen LogP contribution in [0, 0.1) is 11.3 Å². The number of benzene rings is 2. The summed E-state index contributed by atoms with van der Waals surface area (Å²) in [5, 5.41) is 17.4. The second kappa shape index (κ2) is 9.59. The van der Waals surface area contributed by atoms with Gasteiger partial charge in [0, 0.05) is 31.0 Å². The van der Waals surface area contributed by atoms with Gasteiger partial charge in [0.1, 0.15) is 0 Å². The molecule has 1 amide bonds. The molecule has 1 aliphatic heterocycles. The van der Waals surface area contributed by atoms with Gasteiger partial charge in [-0.25, -0.2) is 0 Å². The number of nitrogens with one attached hydrogen (secondary N) is 1. The van der Waals surface area contributed by atoms with Crippen LogP contribution in [0.3, 0.4) is 0 Å². The van der Waals surface area contributed by atoms with Crippen LogP contribution in [0.1, 0.15) is 30.4 Å². The molecule has 0 radical (unpaired) electrons. The molecule has 0 saturated carbocycles. The lowest BCUT2D eigenvalue weighted by Crippen LogP contribution is -2.48. The van der Waals surface area contributed by atoms with Crippen LogP contribution in [0.4, 0.5) is 24.7 Å². The van der Waals surface area contributed by atoms with E-state index in [2.05, 4.69) is 16.5 Å². The predicted octanol–water partition coefficient (Wildman–Crippen LogP) is 5.12. The molecule has 176 valence electrons. The Hall–Kier alpha value is -3.80. The lowest BCUT2D eigenvalue weighted by molar-refractivity contribution is -0.137. The van der Waals surface area contributed by atoms with Crippen LogP contribution >= 0.6 is 0 Å². The van der Waals surface area contributed by atoms with Gasteiger partial charge in [-0.15, -0.1) is 0 Å². The largest absolute Gasteiger partial charge is 0.416 e. The number of amides is 1. The number of carbonyl (C=O) groups is 1. The summed E-state index contributed by atoms with van der Waals surface area (Å²) in [5.74, 6) is 0.529. The number of nitriles is 1. The van der Waals surface area contributed by atoms with E-state index in [-0.39, 0.29) is 18.7 Å². The Balaban J connectivity index is 1.40. The van der Waals surface area contributed by atoms with Crippen LogP contribution in [0.2, 0.25) is 0 Å². The molecule has 1 saturated heterocycles. The molecular weight excluding hydrogens is 443 g/mol. The Bertz CT molecular complexity index is 1160. The summed E-state index contributed by atoms with van der Waals surface area (Å²) in [6.07, 6.45) is -1.13. The molecule has 2 aromatic carbocycles. The van der Waals surface area contributed by atoms with Gasteiger partial charge in [0.15, 0.2) is 5.82 Å². The number of anilines is 2. The van der Waals surface area contributed by atoms with Gasteiger partial charge in [0.25, 0.3) is 0 Å². The van der Waals surface area contributed by atoms with E-state index in [1.54, 1.807) is 4.90 Å². The lowest BCUT2D eigenvalue weighted by atomic mass is 9.84. The maximum Gasteiger partial charge on any atom is 0.416 e. The molecule has 3 aromatic rings. The van der Waals surface area contributed by atoms with Crippen molar-refractivity contribution >= 4 is 17.4 Å². The van der Waals surface area contributed by atoms with Crippen LogP contribution < -0.4 is 5.32 Å². The summed E-state index contributed by atoms with van der Waals surface area (Å²) >= 11 is 0. The van der Waals surface area contributed by atoms with E-state index in [1.165, 1.54) is 12.1 Å². The molecule has 34 heavy (non-hydrogen) atoms. The molecule has 0 atom stereocenters. The minimum absolute atomic E-state index is 0.0380. The quantitative estimate of drug-likeness (QED) is 0.546. The number of halogens is 3. The Morgan fingerprint density at radius 3 is 2.35 bits per heavy atom. The average molecular weight is 467 g/mol. The smallest absolute Gasteiger partial charge is 0.342 e. The van der Waals surface area contributed by atoms with Crippen molar-refractivity contribution in [3.63, 3.8) is 0 Å². The molecule has 0 bridgehead atoms. The van der Waals surface area contributed by atoms with Gasteiger partial charge in [0.2, 0.25) is 5.91 Å². The zero-order valence-corrected chi connectivity index (χ0v) is 18.4. The highest BCUT2D eigenvalue weighted by molar-refractivity contribution is 5.79. The SMILES string of the molecule is N#CCC1(n2ccc(Nc3ccccc3)n2)CCN(C(=O)Cc2ccc(C(F)(F)F)cc2)CC1. The third-order valence-corrected chi connectivity index (χ3v) is 6.21. The summed E-state index contributed by atoms with van der Waals surface area (Å²) in [4.78, 5) is 14.5. The second-order valence-electron chi connectivity index (χ2n) is 8.45. The van der Waals surface area contributed by atoms with Gasteiger partial charge in [-0.3, -0.25) is 9.48 Å². The second-order valence-corrected chi connectivity index (χ2v) is 8.45. The summed E-state index contributed by atoms with van der Waals surface area (Å²) in [6, 6.07) is 18.4. The first-order valence-electron chi connectivity index (χ1n) is 11.0. The highest BCUT2D eigenvalue weighted by Crippen LogP contribution is 2.34. The molecule has 6 nitrogen and oxygen atoms in total. The molecular formula is C25H24F3N5O. The molecule has 1 N–H and O–H groups in total. The van der Waals surface area contributed by atoms with Crippen molar-refractivity contribution in [3.05, 3.63) is 78.0 Å². The van der Waals surface area contributed by atoms with Crippen molar-refractivity contribution in [2.45, 2.75) is 37.4 Å². The first-order valence-corrected chi connectivity index (χ1v) is 11.0. The van der Waals surface area contributed by atoms with E-state index in [4.69, 9.17) is 0 Å². The monoisotopic (exact) mass is 467 g/mol. The standard InChI is InChI=1S/C25H24F3N5O/c26-25(27,28)20-8-6-19(7-9-20)18-23(34)32-16-12-24(11-14-29,13-17-32)33-15-10-22(31-33)30-21-4-2-1-3-5-21/h1-10,15H,11-13,16-18H2,(H,30,31). The summed E-state index contributed by atoms with van der Waals surface area (Å²) in [7, 11) is 0. The summed E-state index contributed by atoms with van der Waals surface area (Å²) < 4.78 is 40.1. The van der Waals surface area contributed by atoms with Crippen LogP contribution in [0.5, 0.6) is 0 Å². The van der Waals surface area contributed by atoms with Gasteiger partial charge in [0.05, 0.1) is 30.0 Å². The molecule has 2 heterocycles. The number of hydrogen-bond acceptors (Lipinski definition) is 4. The number of aromatic nitrogens is 2. The van der Waals surface area contributed by atoms with Crippen molar-refractivity contribution in [2.24, 2.45) is 0 Å². The van der Waals surface area contributed by atoms with Gasteiger partial charge < -0.3 is 10.2 Å². The van der Waals surface area contributed by atoms with Gasteiger partial charge in [-0.05, 0) is 42.7 Å². The van der Waals surface area contributed by atoms with E-state index in [1.807, 2.05) is 47.3 Å². The number of nitrogens with zero attached hydrogens (tertiary/aromatic N) is 4. The molecule has 4 rings (SSSR count). The number of piperidine rings is 1. The Kier molecular flexibility index (Phi) is 6.59. The Labute approximate surface area is 195 Å². The topological polar surface area (TPSA) is 74.0 Å². The van der Waals surface area contributed by atoms with Crippen LogP contribution in [-0.4, -0.2) is 33.7 Å². The van der Waals surface area contributed by atoms with E-state index >= 15 is 0 Å². The first kappa shape index (κ1) is 23.4. The Morgan fingerprint density at radius 2 is 1.74 bits per heavy atom. The normalized spacial score (nSPS) is 15.5. The maximum absolute atomic E-state index is 12.8. The third-order valence-electron chi connectivity index (χ3n) is 6.21. The van der Waals surface area contributed by atoms with Crippen molar-refractivity contribution < 1.29 is 18.0 Å². The minimum atomic E-state index is -4.40. The molecule has 0 spiro atoms. The zero-order valence-electron chi connectivity index (χ0n) is 18.4. The maximum atomic E-state index is 12.8. The number of likely N-dealkylation sites (tertiary alicyclic amines) is 1. The number of rotatable bonds is 6. The van der Waals surface area contributed by atoms with Crippen molar-refractivity contribution in [3.8, 4) is 6.07 Å². The van der Waals surface area contributed by atoms with E-state index < -0.39 is 17.3 Å². The number of hydrogen-bond donors (Lipinski definition) is 1. The highest BCUT2D eigenvalue weighted by Gasteiger charge is 2.38. The van der Waals surface area contributed by atoms with Gasteiger partial charge in [-0.1, -0.05) is 30.3 Å². The summed E-state index contributed by atoms with van der Waals surface area (Å²) in [6.45, 7) is 0.894. The van der Waals surface area contributed by atoms with E-state index in [9.17, 15) is 23.2 Å². The first-order chi connectivity index (χ1) is 16.3. The fourth-order valence-corrected chi connectivity index (χ4v) is 4.23. The van der Waals surface area contributed by atoms with Crippen molar-refractivity contribution in [1.29, 1.82) is 5.26 Å². The fourth-order valence-electron chi connectivity index (χ4n) is 4.23. The van der Waals surface area contributed by atoms with Crippen molar-refractivity contribution in [2.75, 3.05) is 18.4 Å². The van der Waals surface area contributed by atoms with Crippen LogP contribution in [0.15, 0.2) is 66.9 Å². The molecule has 1 aromatic heterocycles. The molecule has 9 heteroatoms. The van der Waals surface area contributed by atoms with E-state index in [0.29, 0.717) is 37.3 Å². The van der Waals surface area contributed by atoms with Gasteiger partial charge in [-0.2, -0.15) is 23.5 Å². The molecule has 0 unspecified atom stereocenters. The summed E-state index contributed by atoms with van der Waals surface area (Å²) in [5.41, 5.74) is 0.195. The number of carbonyl (C=O) groups excluding carboxylic acids is 1. The molecule has 1 aliphatic rings. The zero-order chi connectivity index (χ0) is 24.2. The van der Waals surface area contributed by atoms with Crippen LogP contribution in [-0.2, 0) is 22.9 Å². The minimum Gasteiger partial charge on any atom is -0.342 e. The number of alkyl halides is 3. The fraction of sp³-hybridized carbons (Fsp3) is 0.320. The Morgan fingerprint density at radius 1 is 1.06 bits per heavy atom. The van der Waals surface area contributed by atoms with Gasteiger partial charge >= 0.3 is 6.18 Å². The highest BCUT2D eigenvalue weighted by atomic mass is 19.4. The van der Waals surface area contributed by atoms with Crippen LogP contribution in [0.25, 0.3) is 0 Å². The van der Waals surface area contributed by atoms with Crippen molar-refractivity contribution in [1.82, 2.24) is 14.7 Å². The third kappa shape index (κ3) is 5.22. The average Bonchev–Trinajstić information content (AvgIpc) is 3.29. The van der Waals surface area contributed by atoms with E-state index in [0.717, 1.165) is 17.8 Å². The lowest BCUT2D eigenvalue weighted by Gasteiger charge is -2.40. The molecule has 0 aliphatic carbocycles. The molecule has 1 fully saturated rings.